The van der Waals surface area contributed by atoms with Crippen molar-refractivity contribution in [3.8, 4) is 0 Å². The predicted octanol–water partition coefficient (Wildman–Crippen LogP) is 4.20. The molecule has 1 saturated carbocycles. The van der Waals surface area contributed by atoms with Gasteiger partial charge in [0.1, 0.15) is 5.60 Å². The van der Waals surface area contributed by atoms with Crippen LogP contribution in [0.3, 0.4) is 0 Å². The van der Waals surface area contributed by atoms with Crippen LogP contribution in [-0.2, 0) is 14.3 Å². The summed E-state index contributed by atoms with van der Waals surface area (Å²) in [6.07, 6.45) is -3.21. The summed E-state index contributed by atoms with van der Waals surface area (Å²) in [7, 11) is 0. The second-order valence-electron chi connectivity index (χ2n) is 7.45. The Labute approximate surface area is 146 Å². The molecule has 1 unspecified atom stereocenters. The molecule has 0 aromatic carbocycles. The number of rotatable bonds is 5. The van der Waals surface area contributed by atoms with Crippen LogP contribution < -0.4 is 5.32 Å². The van der Waals surface area contributed by atoms with Crippen molar-refractivity contribution < 1.29 is 32.2 Å². The summed E-state index contributed by atoms with van der Waals surface area (Å²) < 4.78 is 49.0. The first-order chi connectivity index (χ1) is 11.4. The van der Waals surface area contributed by atoms with E-state index in [2.05, 4.69) is 10.1 Å². The molecule has 0 aromatic heterocycles. The van der Waals surface area contributed by atoms with E-state index in [9.17, 15) is 22.8 Å². The van der Waals surface area contributed by atoms with Crippen molar-refractivity contribution in [1.82, 2.24) is 5.32 Å². The second-order valence-corrected chi connectivity index (χ2v) is 7.45. The van der Waals surface area contributed by atoms with Gasteiger partial charge in [0.25, 0.3) is 0 Å². The van der Waals surface area contributed by atoms with Gasteiger partial charge < -0.3 is 14.8 Å². The van der Waals surface area contributed by atoms with E-state index in [1.807, 2.05) is 0 Å². The van der Waals surface area contributed by atoms with Gasteiger partial charge >= 0.3 is 18.2 Å². The van der Waals surface area contributed by atoms with Gasteiger partial charge in [-0.3, -0.25) is 4.79 Å². The third-order valence-electron chi connectivity index (χ3n) is 4.10. The van der Waals surface area contributed by atoms with Crippen LogP contribution in [0.25, 0.3) is 0 Å². The number of nitrogens with one attached hydrogen (secondary N) is 1. The molecule has 1 aliphatic carbocycles. The van der Waals surface area contributed by atoms with Gasteiger partial charge in [0, 0.05) is 6.04 Å². The molecule has 5 nitrogen and oxygen atoms in total. The topological polar surface area (TPSA) is 64.6 Å². The number of carbonyl (C=O) groups excluding carboxylic acids is 2. The summed E-state index contributed by atoms with van der Waals surface area (Å²) in [5, 5.41) is 2.75. The molecule has 1 rings (SSSR count). The number of hydrogen-bond donors (Lipinski definition) is 1. The van der Waals surface area contributed by atoms with Gasteiger partial charge in [-0.1, -0.05) is 0 Å². The van der Waals surface area contributed by atoms with Gasteiger partial charge in [-0.2, -0.15) is 13.2 Å². The summed E-state index contributed by atoms with van der Waals surface area (Å²) in [6, 6.07) is -0.113. The summed E-state index contributed by atoms with van der Waals surface area (Å²) >= 11 is 0. The number of esters is 1. The van der Waals surface area contributed by atoms with Crippen molar-refractivity contribution in [3.05, 3.63) is 0 Å². The third kappa shape index (κ3) is 7.96. The highest BCUT2D eigenvalue weighted by molar-refractivity contribution is 5.73. The van der Waals surface area contributed by atoms with Crippen LogP contribution in [0, 0.1) is 11.8 Å². The monoisotopic (exact) mass is 367 g/mol. The Bertz CT molecular complexity index is 452. The van der Waals surface area contributed by atoms with Crippen LogP contribution in [0.5, 0.6) is 0 Å². The van der Waals surface area contributed by atoms with Gasteiger partial charge in [0.05, 0.1) is 6.61 Å². The lowest BCUT2D eigenvalue weighted by molar-refractivity contribution is -0.200. The average Bonchev–Trinajstić information content (AvgIpc) is 2.43. The molecule has 0 radical (unpaired) electrons. The quantitative estimate of drug-likeness (QED) is 0.740. The lowest BCUT2D eigenvalue weighted by atomic mass is 9.80. The fourth-order valence-corrected chi connectivity index (χ4v) is 2.96. The first-order valence-electron chi connectivity index (χ1n) is 8.65. The molecule has 0 spiro atoms. The zero-order valence-corrected chi connectivity index (χ0v) is 15.2. The van der Waals surface area contributed by atoms with E-state index in [1.165, 1.54) is 6.92 Å². The smallest absolute Gasteiger partial charge is 0.407 e. The van der Waals surface area contributed by atoms with Gasteiger partial charge in [0.15, 0.2) is 5.92 Å². The molecule has 146 valence electrons. The van der Waals surface area contributed by atoms with Crippen LogP contribution in [0.1, 0.15) is 59.8 Å². The molecule has 8 heteroatoms. The van der Waals surface area contributed by atoms with Gasteiger partial charge in [0.2, 0.25) is 0 Å². The van der Waals surface area contributed by atoms with Crippen LogP contribution >= 0.6 is 0 Å². The van der Waals surface area contributed by atoms with Gasteiger partial charge in [-0.05, 0) is 65.7 Å². The Hall–Kier alpha value is -1.47. The number of amides is 1. The lowest BCUT2D eigenvalue weighted by Crippen LogP contribution is -2.41. The first kappa shape index (κ1) is 21.6. The molecule has 1 aliphatic rings. The molecule has 1 amide bonds. The van der Waals surface area contributed by atoms with Crippen LogP contribution in [0.2, 0.25) is 0 Å². The zero-order chi connectivity index (χ0) is 19.3. The summed E-state index contributed by atoms with van der Waals surface area (Å²) in [6.45, 7) is 6.69. The van der Waals surface area contributed by atoms with E-state index in [-0.39, 0.29) is 25.0 Å². The maximum absolute atomic E-state index is 13.1. The third-order valence-corrected chi connectivity index (χ3v) is 4.10. The minimum absolute atomic E-state index is 0.0715. The molecular formula is C17H28F3NO4. The highest BCUT2D eigenvalue weighted by Gasteiger charge is 2.47. The molecular weight excluding hydrogens is 339 g/mol. The molecule has 0 saturated heterocycles. The van der Waals surface area contributed by atoms with Crippen molar-refractivity contribution in [2.24, 2.45) is 11.8 Å². The maximum Gasteiger partial charge on any atom is 0.407 e. The van der Waals surface area contributed by atoms with Crippen molar-refractivity contribution >= 4 is 12.1 Å². The Morgan fingerprint density at radius 3 is 2.12 bits per heavy atom. The van der Waals surface area contributed by atoms with Crippen LogP contribution in [-0.4, -0.2) is 36.5 Å². The molecule has 25 heavy (non-hydrogen) atoms. The number of alkyl carbamates (subject to hydrolysis) is 1. The Morgan fingerprint density at radius 1 is 1.12 bits per heavy atom. The molecule has 1 atom stereocenters. The molecule has 0 heterocycles. The fourth-order valence-electron chi connectivity index (χ4n) is 2.96. The lowest BCUT2D eigenvalue weighted by Gasteiger charge is -2.31. The van der Waals surface area contributed by atoms with Gasteiger partial charge in [-0.25, -0.2) is 4.79 Å². The Balaban J connectivity index is 2.49. The molecule has 0 aromatic rings. The van der Waals surface area contributed by atoms with Crippen LogP contribution in [0.4, 0.5) is 18.0 Å². The summed E-state index contributed by atoms with van der Waals surface area (Å²) in [5.41, 5.74) is -0.596. The number of ether oxygens (including phenoxy) is 2. The van der Waals surface area contributed by atoms with Crippen molar-refractivity contribution in [2.45, 2.75) is 77.6 Å². The van der Waals surface area contributed by atoms with Crippen molar-refractivity contribution in [3.63, 3.8) is 0 Å². The van der Waals surface area contributed by atoms with Crippen molar-refractivity contribution in [1.29, 1.82) is 0 Å². The molecule has 0 bridgehead atoms. The standard InChI is InChI=1S/C17H28F3NO4/c1-5-24-14(22)13(17(18,19)20)10-11-6-8-12(9-7-11)21-15(23)25-16(2,3)4/h11-13H,5-10H2,1-4H3,(H,21,23). The molecule has 0 aliphatic heterocycles. The second kappa shape index (κ2) is 8.76. The number of hydrogen-bond acceptors (Lipinski definition) is 4. The minimum atomic E-state index is -4.60. The molecule has 1 N–H and O–H groups in total. The highest BCUT2D eigenvalue weighted by atomic mass is 19.4. The van der Waals surface area contributed by atoms with E-state index >= 15 is 0 Å². The Morgan fingerprint density at radius 2 is 1.68 bits per heavy atom. The largest absolute Gasteiger partial charge is 0.466 e. The van der Waals surface area contributed by atoms with E-state index in [0.29, 0.717) is 25.7 Å². The minimum Gasteiger partial charge on any atom is -0.466 e. The SMILES string of the molecule is CCOC(=O)C(CC1CCC(NC(=O)OC(C)(C)C)CC1)C(F)(F)F. The van der Waals surface area contributed by atoms with Crippen LogP contribution in [0.15, 0.2) is 0 Å². The zero-order valence-electron chi connectivity index (χ0n) is 15.2. The predicted molar refractivity (Wildman–Crippen MR) is 85.9 cm³/mol. The number of alkyl halides is 3. The van der Waals surface area contributed by atoms with E-state index < -0.39 is 29.8 Å². The summed E-state index contributed by atoms with van der Waals surface area (Å²) in [4.78, 5) is 23.3. The van der Waals surface area contributed by atoms with E-state index in [4.69, 9.17) is 4.74 Å². The first-order valence-corrected chi connectivity index (χ1v) is 8.65. The normalized spacial score (nSPS) is 22.8. The van der Waals surface area contributed by atoms with E-state index in [0.717, 1.165) is 0 Å². The average molecular weight is 367 g/mol. The fraction of sp³-hybridized carbons (Fsp3) is 0.882. The van der Waals surface area contributed by atoms with Gasteiger partial charge in [-0.15, -0.1) is 0 Å². The maximum atomic E-state index is 13.1. The Kier molecular flexibility index (Phi) is 7.56. The number of carbonyl (C=O) groups is 2. The number of halogens is 3. The van der Waals surface area contributed by atoms with Crippen molar-refractivity contribution in [2.75, 3.05) is 6.61 Å². The van der Waals surface area contributed by atoms with E-state index in [1.54, 1.807) is 20.8 Å². The molecule has 1 fully saturated rings. The summed E-state index contributed by atoms with van der Waals surface area (Å²) in [5.74, 6) is -3.50. The highest BCUT2D eigenvalue weighted by Crippen LogP contribution is 2.37.